The van der Waals surface area contributed by atoms with Crippen molar-refractivity contribution in [2.45, 2.75) is 25.9 Å². The number of nitrogens with zero attached hydrogens (tertiary/aromatic N) is 1. The molecule has 1 fully saturated rings. The number of pyridine rings is 1. The van der Waals surface area contributed by atoms with Crippen molar-refractivity contribution in [3.8, 4) is 16.9 Å². The van der Waals surface area contributed by atoms with E-state index in [-0.39, 0.29) is 6.10 Å². The highest BCUT2D eigenvalue weighted by Crippen LogP contribution is 2.31. The number of aromatic nitrogens is 1. The maximum absolute atomic E-state index is 6.07. The summed E-state index contributed by atoms with van der Waals surface area (Å²) in [6.07, 6.45) is 5.99. The largest absolute Gasteiger partial charge is 0.490 e. The zero-order valence-corrected chi connectivity index (χ0v) is 13.9. The van der Waals surface area contributed by atoms with Gasteiger partial charge in [0.05, 0.1) is 13.2 Å². The average Bonchev–Trinajstić information content (AvgIpc) is 2.62. The molecule has 0 bridgehead atoms. The van der Waals surface area contributed by atoms with Crippen LogP contribution in [0.3, 0.4) is 0 Å². The number of benzene rings is 2. The van der Waals surface area contributed by atoms with Gasteiger partial charge < -0.3 is 9.47 Å². The predicted octanol–water partition coefficient (Wildman–Crippen LogP) is 4.77. The molecule has 4 rings (SSSR count). The van der Waals surface area contributed by atoms with Gasteiger partial charge in [-0.15, -0.1) is 0 Å². The summed E-state index contributed by atoms with van der Waals surface area (Å²) in [7, 11) is 0. The molecular weight excluding hydrogens is 298 g/mol. The minimum atomic E-state index is 0.272. The fraction of sp³-hybridized carbons (Fsp3) is 0.286. The minimum Gasteiger partial charge on any atom is -0.490 e. The number of ether oxygens (including phenoxy) is 2. The number of hydrogen-bond acceptors (Lipinski definition) is 3. The highest BCUT2D eigenvalue weighted by Gasteiger charge is 2.15. The van der Waals surface area contributed by atoms with Gasteiger partial charge in [-0.1, -0.05) is 24.3 Å². The molecule has 2 aromatic carbocycles. The van der Waals surface area contributed by atoms with Crippen molar-refractivity contribution < 1.29 is 9.47 Å². The molecule has 0 atom stereocenters. The third kappa shape index (κ3) is 3.13. The van der Waals surface area contributed by atoms with Gasteiger partial charge in [-0.05, 0) is 47.2 Å². The number of rotatable bonds is 3. The molecule has 2 heterocycles. The molecule has 0 saturated carbocycles. The van der Waals surface area contributed by atoms with Crippen molar-refractivity contribution in [2.75, 3.05) is 13.2 Å². The predicted molar refractivity (Wildman–Crippen MR) is 96.4 cm³/mol. The Morgan fingerprint density at radius 3 is 2.62 bits per heavy atom. The van der Waals surface area contributed by atoms with E-state index in [2.05, 4.69) is 54.4 Å². The Kier molecular flexibility index (Phi) is 4.18. The second-order valence-corrected chi connectivity index (χ2v) is 6.36. The maximum Gasteiger partial charge on any atom is 0.119 e. The van der Waals surface area contributed by atoms with Crippen molar-refractivity contribution >= 4 is 10.8 Å². The van der Waals surface area contributed by atoms with Crippen molar-refractivity contribution in [2.24, 2.45) is 0 Å². The van der Waals surface area contributed by atoms with Crippen LogP contribution in [0.5, 0.6) is 5.75 Å². The monoisotopic (exact) mass is 319 g/mol. The SMILES string of the molecule is Cc1cc(-c2ccc(OC3CCOCC3)cc2)c2cnccc2c1. The Morgan fingerprint density at radius 2 is 1.83 bits per heavy atom. The molecular formula is C21H21NO2. The molecule has 0 radical (unpaired) electrons. The first-order chi connectivity index (χ1) is 11.8. The summed E-state index contributed by atoms with van der Waals surface area (Å²) in [5, 5.41) is 2.41. The number of fused-ring (bicyclic) bond motifs is 1. The Balaban J connectivity index is 1.63. The molecule has 1 aliphatic rings. The van der Waals surface area contributed by atoms with E-state index in [9.17, 15) is 0 Å². The molecule has 3 aromatic rings. The number of hydrogen-bond donors (Lipinski definition) is 0. The molecule has 0 aliphatic carbocycles. The fourth-order valence-electron chi connectivity index (χ4n) is 3.29. The van der Waals surface area contributed by atoms with E-state index >= 15 is 0 Å². The molecule has 1 aliphatic heterocycles. The quantitative estimate of drug-likeness (QED) is 0.697. The second-order valence-electron chi connectivity index (χ2n) is 6.36. The third-order valence-electron chi connectivity index (χ3n) is 4.54. The molecule has 0 N–H and O–H groups in total. The van der Waals surface area contributed by atoms with Crippen LogP contribution < -0.4 is 4.74 Å². The maximum atomic E-state index is 6.07. The third-order valence-corrected chi connectivity index (χ3v) is 4.54. The fourth-order valence-corrected chi connectivity index (χ4v) is 3.29. The highest BCUT2D eigenvalue weighted by molar-refractivity contribution is 5.96. The lowest BCUT2D eigenvalue weighted by atomic mass is 9.97. The lowest BCUT2D eigenvalue weighted by Gasteiger charge is -2.23. The van der Waals surface area contributed by atoms with Crippen LogP contribution in [-0.2, 0) is 4.74 Å². The Hall–Kier alpha value is -2.39. The van der Waals surface area contributed by atoms with Crippen molar-refractivity contribution in [1.82, 2.24) is 4.98 Å². The topological polar surface area (TPSA) is 31.4 Å². The summed E-state index contributed by atoms with van der Waals surface area (Å²) in [6, 6.07) is 14.9. The van der Waals surface area contributed by atoms with Gasteiger partial charge in [0.15, 0.2) is 0 Å². The first-order valence-electron chi connectivity index (χ1n) is 8.49. The molecule has 0 amide bonds. The molecule has 1 saturated heterocycles. The molecule has 0 spiro atoms. The first kappa shape index (κ1) is 15.2. The highest BCUT2D eigenvalue weighted by atomic mass is 16.5. The van der Waals surface area contributed by atoms with E-state index in [0.717, 1.165) is 31.8 Å². The molecule has 1 aromatic heterocycles. The van der Waals surface area contributed by atoms with Crippen molar-refractivity contribution in [1.29, 1.82) is 0 Å². The smallest absolute Gasteiger partial charge is 0.119 e. The Bertz CT molecular complexity index is 836. The van der Waals surface area contributed by atoms with Gasteiger partial charge in [0, 0.05) is 30.6 Å². The van der Waals surface area contributed by atoms with Gasteiger partial charge >= 0.3 is 0 Å². The van der Waals surface area contributed by atoms with Crippen LogP contribution in [0.2, 0.25) is 0 Å². The lowest BCUT2D eigenvalue weighted by Crippen LogP contribution is -2.25. The van der Waals surface area contributed by atoms with Gasteiger partial charge in [0.1, 0.15) is 11.9 Å². The van der Waals surface area contributed by atoms with Gasteiger partial charge in [-0.25, -0.2) is 0 Å². The molecule has 122 valence electrons. The van der Waals surface area contributed by atoms with E-state index in [0.29, 0.717) is 0 Å². The second kappa shape index (κ2) is 6.62. The summed E-state index contributed by atoms with van der Waals surface area (Å²) in [4.78, 5) is 4.29. The molecule has 24 heavy (non-hydrogen) atoms. The van der Waals surface area contributed by atoms with E-state index in [1.165, 1.54) is 27.5 Å². The van der Waals surface area contributed by atoms with E-state index in [1.807, 2.05) is 12.4 Å². The van der Waals surface area contributed by atoms with Crippen molar-refractivity contribution in [3.05, 3.63) is 60.4 Å². The standard InChI is InChI=1S/C21H21NO2/c1-15-12-17-6-9-22-14-21(17)20(13-15)16-2-4-18(5-3-16)24-19-7-10-23-11-8-19/h2-6,9,12-14,19H,7-8,10-11H2,1H3. The van der Waals surface area contributed by atoms with Crippen LogP contribution in [0.1, 0.15) is 18.4 Å². The van der Waals surface area contributed by atoms with Crippen LogP contribution in [0.4, 0.5) is 0 Å². The normalized spacial score (nSPS) is 15.5. The summed E-state index contributed by atoms with van der Waals surface area (Å²) in [5.41, 5.74) is 3.66. The molecule has 3 nitrogen and oxygen atoms in total. The van der Waals surface area contributed by atoms with Gasteiger partial charge in [-0.2, -0.15) is 0 Å². The van der Waals surface area contributed by atoms with E-state index in [1.54, 1.807) is 0 Å². The zero-order chi connectivity index (χ0) is 16.4. The van der Waals surface area contributed by atoms with Crippen molar-refractivity contribution in [3.63, 3.8) is 0 Å². The number of aryl methyl sites for hydroxylation is 1. The molecule has 0 unspecified atom stereocenters. The average molecular weight is 319 g/mol. The van der Waals surface area contributed by atoms with Crippen LogP contribution >= 0.6 is 0 Å². The first-order valence-corrected chi connectivity index (χ1v) is 8.49. The van der Waals surface area contributed by atoms with Crippen LogP contribution in [0.25, 0.3) is 21.9 Å². The van der Waals surface area contributed by atoms with Crippen LogP contribution in [0, 0.1) is 6.92 Å². The van der Waals surface area contributed by atoms with Gasteiger partial charge in [0.25, 0.3) is 0 Å². The van der Waals surface area contributed by atoms with Gasteiger partial charge in [0.2, 0.25) is 0 Å². The van der Waals surface area contributed by atoms with Crippen LogP contribution in [0.15, 0.2) is 54.9 Å². The summed E-state index contributed by atoms with van der Waals surface area (Å²) in [5.74, 6) is 0.931. The summed E-state index contributed by atoms with van der Waals surface area (Å²) in [6.45, 7) is 3.72. The lowest BCUT2D eigenvalue weighted by molar-refractivity contribution is 0.0256. The molecule has 3 heteroatoms. The summed E-state index contributed by atoms with van der Waals surface area (Å²) >= 11 is 0. The van der Waals surface area contributed by atoms with E-state index in [4.69, 9.17) is 9.47 Å². The van der Waals surface area contributed by atoms with Gasteiger partial charge in [-0.3, -0.25) is 4.98 Å². The Labute approximate surface area is 142 Å². The van der Waals surface area contributed by atoms with Crippen LogP contribution in [-0.4, -0.2) is 24.3 Å². The van der Waals surface area contributed by atoms with E-state index < -0.39 is 0 Å². The minimum absolute atomic E-state index is 0.272. The Morgan fingerprint density at radius 1 is 1.04 bits per heavy atom. The summed E-state index contributed by atoms with van der Waals surface area (Å²) < 4.78 is 11.4. The zero-order valence-electron chi connectivity index (χ0n) is 13.9.